The van der Waals surface area contributed by atoms with E-state index in [0.29, 0.717) is 19.3 Å². The van der Waals surface area contributed by atoms with Crippen LogP contribution in [0.3, 0.4) is 0 Å². The summed E-state index contributed by atoms with van der Waals surface area (Å²) in [6.45, 7) is 13.0. The van der Waals surface area contributed by atoms with Crippen molar-refractivity contribution >= 4 is 29.5 Å². The molecule has 5 amide bonds. The van der Waals surface area contributed by atoms with Crippen LogP contribution in [0.4, 0.5) is 0 Å². The van der Waals surface area contributed by atoms with Gasteiger partial charge in [-0.1, -0.05) is 27.7 Å². The third-order valence-corrected chi connectivity index (χ3v) is 7.33. The van der Waals surface area contributed by atoms with Gasteiger partial charge in [-0.15, -0.1) is 0 Å². The highest BCUT2D eigenvalue weighted by atomic mass is 16.2. The van der Waals surface area contributed by atoms with E-state index in [9.17, 15) is 24.0 Å². The molecule has 0 aromatic heterocycles. The predicted octanol–water partition coefficient (Wildman–Crippen LogP) is 0.581. The van der Waals surface area contributed by atoms with Crippen molar-refractivity contribution in [3.8, 4) is 0 Å². The van der Waals surface area contributed by atoms with E-state index in [1.165, 1.54) is 16.8 Å². The standard InChI is InChI=1S/C27H50N6O5/c1-15(2)12-21(24(35)29-9)31(10)27(38)22(13-16(3)4)32(11)25(36)18(6)30-23(34)19(7)33-17(5)14-20(28-8)26(33)37/h15-22,28H,12-14H2,1-11H3,(H,29,35)(H,30,34)/t17?,18-,19+,20-,21-,22+/m0/s1. The van der Waals surface area contributed by atoms with Gasteiger partial charge in [0.1, 0.15) is 24.2 Å². The molecule has 6 atom stereocenters. The van der Waals surface area contributed by atoms with Crippen LogP contribution in [0.2, 0.25) is 0 Å². The van der Waals surface area contributed by atoms with Crippen LogP contribution < -0.4 is 16.0 Å². The second-order valence-corrected chi connectivity index (χ2v) is 11.4. The molecular weight excluding hydrogens is 488 g/mol. The Balaban J connectivity index is 3.05. The molecule has 1 saturated heterocycles. The van der Waals surface area contributed by atoms with Gasteiger partial charge in [0.25, 0.3) is 0 Å². The quantitative estimate of drug-likeness (QED) is 0.314. The summed E-state index contributed by atoms with van der Waals surface area (Å²) in [7, 11) is 6.39. The molecule has 0 bridgehead atoms. The lowest BCUT2D eigenvalue weighted by Crippen LogP contribution is -2.58. The van der Waals surface area contributed by atoms with Gasteiger partial charge in [0.2, 0.25) is 29.5 Å². The zero-order chi connectivity index (χ0) is 29.5. The van der Waals surface area contributed by atoms with Gasteiger partial charge >= 0.3 is 0 Å². The highest BCUT2D eigenvalue weighted by Gasteiger charge is 2.42. The molecule has 38 heavy (non-hydrogen) atoms. The van der Waals surface area contributed by atoms with Crippen LogP contribution in [-0.2, 0) is 24.0 Å². The molecule has 0 aliphatic carbocycles. The van der Waals surface area contributed by atoms with Crippen LogP contribution >= 0.6 is 0 Å². The van der Waals surface area contributed by atoms with Crippen LogP contribution in [0.25, 0.3) is 0 Å². The number of nitrogens with zero attached hydrogens (tertiary/aromatic N) is 3. The summed E-state index contributed by atoms with van der Waals surface area (Å²) in [4.78, 5) is 69.7. The first-order chi connectivity index (χ1) is 17.6. The summed E-state index contributed by atoms with van der Waals surface area (Å²) < 4.78 is 0. The molecule has 218 valence electrons. The second kappa shape index (κ2) is 14.5. The Hall–Kier alpha value is -2.69. The van der Waals surface area contributed by atoms with Crippen LogP contribution in [0.1, 0.15) is 67.7 Å². The minimum atomic E-state index is -0.916. The van der Waals surface area contributed by atoms with Gasteiger partial charge < -0.3 is 30.7 Å². The van der Waals surface area contributed by atoms with Gasteiger partial charge in [-0.3, -0.25) is 24.0 Å². The van der Waals surface area contributed by atoms with Crippen LogP contribution in [-0.4, -0.2) is 109 Å². The summed E-state index contributed by atoms with van der Waals surface area (Å²) >= 11 is 0. The third-order valence-electron chi connectivity index (χ3n) is 7.33. The van der Waals surface area contributed by atoms with Crippen molar-refractivity contribution in [3.63, 3.8) is 0 Å². The van der Waals surface area contributed by atoms with Crippen molar-refractivity contribution in [2.45, 2.75) is 104 Å². The Kier molecular flexibility index (Phi) is 12.7. The molecule has 0 radical (unpaired) electrons. The number of amides is 5. The Labute approximate surface area is 228 Å². The number of hydrogen-bond donors (Lipinski definition) is 3. The lowest BCUT2D eigenvalue weighted by molar-refractivity contribution is -0.149. The van der Waals surface area contributed by atoms with Crippen LogP contribution in [0, 0.1) is 11.8 Å². The van der Waals surface area contributed by atoms with Crippen LogP contribution in [0.15, 0.2) is 0 Å². The van der Waals surface area contributed by atoms with Crippen molar-refractivity contribution in [1.29, 1.82) is 0 Å². The highest BCUT2D eigenvalue weighted by Crippen LogP contribution is 2.22. The molecule has 0 spiro atoms. The summed E-state index contributed by atoms with van der Waals surface area (Å²) in [5, 5.41) is 8.34. The number of rotatable bonds is 13. The zero-order valence-corrected chi connectivity index (χ0v) is 25.1. The summed E-state index contributed by atoms with van der Waals surface area (Å²) in [6, 6.07) is -3.58. The molecule has 0 aromatic rings. The van der Waals surface area contributed by atoms with Crippen molar-refractivity contribution in [1.82, 2.24) is 30.7 Å². The molecule has 1 fully saturated rings. The smallest absolute Gasteiger partial charge is 0.245 e. The van der Waals surface area contributed by atoms with E-state index in [2.05, 4.69) is 16.0 Å². The first-order valence-corrected chi connectivity index (χ1v) is 13.6. The molecule has 1 heterocycles. The minimum Gasteiger partial charge on any atom is -0.357 e. The maximum Gasteiger partial charge on any atom is 0.245 e. The van der Waals surface area contributed by atoms with E-state index in [-0.39, 0.29) is 41.6 Å². The Morgan fingerprint density at radius 2 is 1.37 bits per heavy atom. The lowest BCUT2D eigenvalue weighted by atomic mass is 9.97. The first kappa shape index (κ1) is 33.3. The molecule has 11 heteroatoms. The van der Waals surface area contributed by atoms with Gasteiger partial charge in [0.15, 0.2) is 0 Å². The molecule has 1 aliphatic heterocycles. The first-order valence-electron chi connectivity index (χ1n) is 13.6. The monoisotopic (exact) mass is 538 g/mol. The SMILES string of the molecule is CNC(=O)[C@H](CC(C)C)N(C)C(=O)[C@@H](CC(C)C)N(C)C(=O)[C@H](C)NC(=O)[C@@H](C)N1C(=O)[C@@H](NC)CC1C. The number of carbonyl (C=O) groups is 5. The lowest BCUT2D eigenvalue weighted by Gasteiger charge is -2.36. The number of likely N-dealkylation sites (tertiary alicyclic amines) is 1. The summed E-state index contributed by atoms with van der Waals surface area (Å²) in [5.41, 5.74) is 0. The molecule has 3 N–H and O–H groups in total. The fraction of sp³-hybridized carbons (Fsp3) is 0.815. The number of hydrogen-bond acceptors (Lipinski definition) is 6. The molecule has 1 unspecified atom stereocenters. The third kappa shape index (κ3) is 8.15. The summed E-state index contributed by atoms with van der Waals surface area (Å²) in [5.74, 6) is -1.30. The number of carbonyl (C=O) groups excluding carboxylic acids is 5. The Morgan fingerprint density at radius 1 is 0.868 bits per heavy atom. The Morgan fingerprint density at radius 3 is 1.82 bits per heavy atom. The van der Waals surface area contributed by atoms with E-state index in [1.54, 1.807) is 39.9 Å². The predicted molar refractivity (Wildman–Crippen MR) is 147 cm³/mol. The maximum absolute atomic E-state index is 13.6. The normalized spacial score (nSPS) is 20.7. The minimum absolute atomic E-state index is 0.101. The maximum atomic E-state index is 13.6. The number of nitrogens with one attached hydrogen (secondary N) is 3. The van der Waals surface area contributed by atoms with Gasteiger partial charge in [-0.05, 0) is 58.9 Å². The van der Waals surface area contributed by atoms with Gasteiger partial charge in [-0.25, -0.2) is 0 Å². The Bertz CT molecular complexity index is 863. The van der Waals surface area contributed by atoms with Gasteiger partial charge in [0.05, 0.1) is 6.04 Å². The van der Waals surface area contributed by atoms with Crippen molar-refractivity contribution in [3.05, 3.63) is 0 Å². The van der Waals surface area contributed by atoms with Crippen molar-refractivity contribution in [2.75, 3.05) is 28.2 Å². The van der Waals surface area contributed by atoms with E-state index >= 15 is 0 Å². The molecule has 1 aliphatic rings. The fourth-order valence-electron chi connectivity index (χ4n) is 5.06. The van der Waals surface area contributed by atoms with E-state index in [1.807, 2.05) is 34.6 Å². The van der Waals surface area contributed by atoms with E-state index < -0.39 is 36.0 Å². The van der Waals surface area contributed by atoms with Crippen molar-refractivity contribution in [2.24, 2.45) is 11.8 Å². The second-order valence-electron chi connectivity index (χ2n) is 11.4. The molecule has 1 rings (SSSR count). The van der Waals surface area contributed by atoms with Gasteiger partial charge in [0, 0.05) is 27.2 Å². The zero-order valence-electron chi connectivity index (χ0n) is 25.1. The van der Waals surface area contributed by atoms with Gasteiger partial charge in [-0.2, -0.15) is 0 Å². The topological polar surface area (TPSA) is 131 Å². The average molecular weight is 539 g/mol. The van der Waals surface area contributed by atoms with Crippen molar-refractivity contribution < 1.29 is 24.0 Å². The number of likely N-dealkylation sites (N-methyl/N-ethyl adjacent to an activating group) is 4. The largest absolute Gasteiger partial charge is 0.357 e. The molecule has 0 saturated carbocycles. The molecule has 11 nitrogen and oxygen atoms in total. The summed E-state index contributed by atoms with van der Waals surface area (Å²) in [6.07, 6.45) is 1.49. The molecule has 0 aromatic carbocycles. The van der Waals surface area contributed by atoms with Crippen LogP contribution in [0.5, 0.6) is 0 Å². The molecular formula is C27H50N6O5. The van der Waals surface area contributed by atoms with E-state index in [0.717, 1.165) is 0 Å². The van der Waals surface area contributed by atoms with E-state index in [4.69, 9.17) is 0 Å². The fourth-order valence-corrected chi connectivity index (χ4v) is 5.06. The average Bonchev–Trinajstić information content (AvgIpc) is 3.15. The highest BCUT2D eigenvalue weighted by molar-refractivity contribution is 5.96.